The summed E-state index contributed by atoms with van der Waals surface area (Å²) in [5, 5.41) is 9.54. The number of carbonyl (C=O) groups excluding carboxylic acids is 1. The zero-order valence-electron chi connectivity index (χ0n) is 8.05. The maximum Gasteiger partial charge on any atom is 0.229 e. The van der Waals surface area contributed by atoms with E-state index < -0.39 is 0 Å². The summed E-state index contributed by atoms with van der Waals surface area (Å²) in [5.41, 5.74) is 0. The van der Waals surface area contributed by atoms with Crippen molar-refractivity contribution < 1.29 is 9.90 Å². The number of pyridine rings is 1. The number of amides is 1. The van der Waals surface area contributed by atoms with E-state index in [1.165, 1.54) is 17.2 Å². The molecule has 1 aromatic rings. The maximum atomic E-state index is 11.6. The van der Waals surface area contributed by atoms with Crippen LogP contribution in [0, 0.1) is 18.3 Å². The summed E-state index contributed by atoms with van der Waals surface area (Å²) in [6, 6.07) is 3.11. The molecular weight excluding hydrogens is 192 g/mol. The molecule has 0 spiro atoms. The normalized spacial score (nSPS) is 20.3. The number of aromatic nitrogens is 1. The van der Waals surface area contributed by atoms with E-state index in [4.69, 9.17) is 6.42 Å². The molecule has 4 nitrogen and oxygen atoms in total. The molecule has 76 valence electrons. The van der Waals surface area contributed by atoms with Crippen LogP contribution < -0.4 is 4.90 Å². The minimum absolute atomic E-state index is 0.00326. The lowest BCUT2D eigenvalue weighted by Gasteiger charge is -2.15. The number of aromatic hydroxyl groups is 1. The highest BCUT2D eigenvalue weighted by molar-refractivity contribution is 5.96. The van der Waals surface area contributed by atoms with Gasteiger partial charge in [-0.1, -0.05) is 0 Å². The van der Waals surface area contributed by atoms with E-state index in [1.807, 2.05) is 0 Å². The molecule has 0 aromatic carbocycles. The molecule has 0 bridgehead atoms. The van der Waals surface area contributed by atoms with Crippen molar-refractivity contribution in [2.75, 3.05) is 11.4 Å². The van der Waals surface area contributed by atoms with Crippen LogP contribution in [-0.4, -0.2) is 22.5 Å². The molecule has 2 heterocycles. The molecule has 1 fully saturated rings. The Balaban J connectivity index is 2.30. The van der Waals surface area contributed by atoms with Gasteiger partial charge in [0.1, 0.15) is 0 Å². The molecule has 4 heteroatoms. The summed E-state index contributed by atoms with van der Waals surface area (Å²) >= 11 is 0. The summed E-state index contributed by atoms with van der Waals surface area (Å²) in [6.45, 7) is 0.430. The van der Waals surface area contributed by atoms with E-state index in [9.17, 15) is 9.90 Å². The molecule has 15 heavy (non-hydrogen) atoms. The van der Waals surface area contributed by atoms with Crippen molar-refractivity contribution in [2.24, 2.45) is 5.92 Å². The van der Waals surface area contributed by atoms with Gasteiger partial charge in [0.2, 0.25) is 5.91 Å². The van der Waals surface area contributed by atoms with Gasteiger partial charge < -0.3 is 5.11 Å². The average Bonchev–Trinajstić information content (AvgIpc) is 2.60. The Morgan fingerprint density at radius 3 is 3.07 bits per heavy atom. The molecule has 1 amide bonds. The highest BCUT2D eigenvalue weighted by Crippen LogP contribution is 2.29. The molecule has 1 aliphatic rings. The SMILES string of the molecule is C#CC1CC(=O)N(c2ncccc2O)C1. The third-order valence-electron chi connectivity index (χ3n) is 2.38. The Morgan fingerprint density at radius 1 is 1.67 bits per heavy atom. The third-order valence-corrected chi connectivity index (χ3v) is 2.38. The van der Waals surface area contributed by atoms with Gasteiger partial charge in [0.25, 0.3) is 0 Å². The fourth-order valence-corrected chi connectivity index (χ4v) is 1.62. The summed E-state index contributed by atoms with van der Waals surface area (Å²) in [5.74, 6) is 2.66. The number of carbonyl (C=O) groups is 1. The maximum absolute atomic E-state index is 11.6. The van der Waals surface area contributed by atoms with E-state index in [1.54, 1.807) is 6.07 Å². The van der Waals surface area contributed by atoms with Crippen molar-refractivity contribution >= 4 is 11.7 Å². The Hall–Kier alpha value is -2.02. The Labute approximate surface area is 87.5 Å². The van der Waals surface area contributed by atoms with Crippen molar-refractivity contribution in [3.8, 4) is 18.1 Å². The van der Waals surface area contributed by atoms with Gasteiger partial charge >= 0.3 is 0 Å². The zero-order chi connectivity index (χ0) is 10.8. The van der Waals surface area contributed by atoms with Crippen molar-refractivity contribution in [1.82, 2.24) is 4.98 Å². The summed E-state index contributed by atoms with van der Waals surface area (Å²) in [4.78, 5) is 17.0. The van der Waals surface area contributed by atoms with E-state index in [-0.39, 0.29) is 17.6 Å². The Kier molecular flexibility index (Phi) is 2.30. The molecule has 2 rings (SSSR count). The second kappa shape index (κ2) is 3.62. The van der Waals surface area contributed by atoms with Crippen molar-refractivity contribution in [3.05, 3.63) is 18.3 Å². The first-order chi connectivity index (χ1) is 7.22. The van der Waals surface area contributed by atoms with Gasteiger partial charge in [0.15, 0.2) is 11.6 Å². The lowest BCUT2D eigenvalue weighted by molar-refractivity contribution is -0.117. The lowest BCUT2D eigenvalue weighted by atomic mass is 10.1. The van der Waals surface area contributed by atoms with Crippen LogP contribution in [0.2, 0.25) is 0 Å². The van der Waals surface area contributed by atoms with Crippen molar-refractivity contribution in [1.29, 1.82) is 0 Å². The monoisotopic (exact) mass is 202 g/mol. The molecule has 1 unspecified atom stereocenters. The standard InChI is InChI=1S/C11H10N2O2/c1-2-8-6-10(15)13(7-8)11-9(14)4-3-5-12-11/h1,3-5,8,14H,6-7H2. The summed E-state index contributed by atoms with van der Waals surface area (Å²) < 4.78 is 0. The fourth-order valence-electron chi connectivity index (χ4n) is 1.62. The fraction of sp³-hybridized carbons (Fsp3) is 0.273. The van der Waals surface area contributed by atoms with Crippen LogP contribution in [0.4, 0.5) is 5.82 Å². The van der Waals surface area contributed by atoms with E-state index >= 15 is 0 Å². The first kappa shape index (κ1) is 9.53. The van der Waals surface area contributed by atoms with Crippen LogP contribution in [0.5, 0.6) is 5.75 Å². The highest BCUT2D eigenvalue weighted by atomic mass is 16.3. The number of hydrogen-bond acceptors (Lipinski definition) is 3. The lowest BCUT2D eigenvalue weighted by Crippen LogP contribution is -2.25. The molecule has 1 aromatic heterocycles. The molecule has 1 saturated heterocycles. The molecule has 0 saturated carbocycles. The molecular formula is C11H10N2O2. The Bertz CT molecular complexity index is 436. The predicted molar refractivity (Wildman–Crippen MR) is 55.2 cm³/mol. The Morgan fingerprint density at radius 2 is 2.47 bits per heavy atom. The van der Waals surface area contributed by atoms with Crippen LogP contribution in [0.15, 0.2) is 18.3 Å². The number of anilines is 1. The third kappa shape index (κ3) is 1.64. The first-order valence-electron chi connectivity index (χ1n) is 4.63. The van der Waals surface area contributed by atoms with Crippen LogP contribution in [0.25, 0.3) is 0 Å². The topological polar surface area (TPSA) is 53.4 Å². The van der Waals surface area contributed by atoms with Crippen LogP contribution in [0.1, 0.15) is 6.42 Å². The molecule has 0 radical (unpaired) electrons. The number of nitrogens with zero attached hydrogens (tertiary/aromatic N) is 2. The highest BCUT2D eigenvalue weighted by Gasteiger charge is 2.31. The van der Waals surface area contributed by atoms with E-state index in [0.29, 0.717) is 18.8 Å². The molecule has 0 aliphatic carbocycles. The average molecular weight is 202 g/mol. The van der Waals surface area contributed by atoms with E-state index in [2.05, 4.69) is 10.9 Å². The van der Waals surface area contributed by atoms with Gasteiger partial charge in [-0.2, -0.15) is 0 Å². The minimum atomic E-state index is -0.0908. The van der Waals surface area contributed by atoms with E-state index in [0.717, 1.165) is 0 Å². The van der Waals surface area contributed by atoms with Gasteiger partial charge in [0.05, 0.1) is 0 Å². The number of hydrogen-bond donors (Lipinski definition) is 1. The predicted octanol–water partition coefficient (Wildman–Crippen LogP) is 0.773. The molecule has 1 aliphatic heterocycles. The molecule has 1 N–H and O–H groups in total. The number of terminal acetylenes is 1. The van der Waals surface area contributed by atoms with Crippen molar-refractivity contribution in [3.63, 3.8) is 0 Å². The van der Waals surface area contributed by atoms with Gasteiger partial charge in [0, 0.05) is 25.1 Å². The second-order valence-corrected chi connectivity index (χ2v) is 3.42. The van der Waals surface area contributed by atoms with Gasteiger partial charge in [-0.05, 0) is 12.1 Å². The van der Waals surface area contributed by atoms with Crippen LogP contribution in [0.3, 0.4) is 0 Å². The summed E-state index contributed by atoms with van der Waals surface area (Å²) in [7, 11) is 0. The van der Waals surface area contributed by atoms with Gasteiger partial charge in [-0.3, -0.25) is 9.69 Å². The van der Waals surface area contributed by atoms with Crippen LogP contribution in [-0.2, 0) is 4.79 Å². The van der Waals surface area contributed by atoms with Crippen molar-refractivity contribution in [2.45, 2.75) is 6.42 Å². The quantitative estimate of drug-likeness (QED) is 0.684. The van der Waals surface area contributed by atoms with Gasteiger partial charge in [-0.15, -0.1) is 12.3 Å². The van der Waals surface area contributed by atoms with Crippen LogP contribution >= 0.6 is 0 Å². The second-order valence-electron chi connectivity index (χ2n) is 3.42. The molecule has 1 atom stereocenters. The largest absolute Gasteiger partial charge is 0.504 e. The summed E-state index contributed by atoms with van der Waals surface area (Å²) in [6.07, 6.45) is 7.12. The zero-order valence-corrected chi connectivity index (χ0v) is 8.05. The smallest absolute Gasteiger partial charge is 0.229 e. The van der Waals surface area contributed by atoms with Gasteiger partial charge in [-0.25, -0.2) is 4.98 Å². The number of rotatable bonds is 1. The first-order valence-corrected chi connectivity index (χ1v) is 4.63. The minimum Gasteiger partial charge on any atom is -0.504 e.